The number of nitrogens with zero attached hydrogens (tertiary/aromatic N) is 2. The van der Waals surface area contributed by atoms with Crippen molar-refractivity contribution in [2.24, 2.45) is 0 Å². The van der Waals surface area contributed by atoms with Gasteiger partial charge in [0, 0.05) is 11.1 Å². The number of rotatable bonds is 3. The summed E-state index contributed by atoms with van der Waals surface area (Å²) in [5, 5.41) is 5.38. The molecular weight excluding hydrogens is 250 g/mol. The maximum Gasteiger partial charge on any atom is 0.184 e. The molecule has 0 aliphatic rings. The van der Waals surface area contributed by atoms with Crippen LogP contribution in [0.3, 0.4) is 0 Å². The van der Waals surface area contributed by atoms with Crippen molar-refractivity contribution >= 4 is 38.0 Å². The molecule has 0 aliphatic carbocycles. The summed E-state index contributed by atoms with van der Waals surface area (Å²) in [6.07, 6.45) is 1.90. The second-order valence-corrected chi connectivity index (χ2v) is 6.05. The van der Waals surface area contributed by atoms with Gasteiger partial charge in [-0.15, -0.1) is 11.3 Å². The van der Waals surface area contributed by atoms with E-state index in [9.17, 15) is 0 Å². The third kappa shape index (κ3) is 2.30. The highest BCUT2D eigenvalue weighted by atomic mass is 32.1. The Morgan fingerprint density at radius 3 is 2.88 bits per heavy atom. The molecule has 5 heteroatoms. The van der Waals surface area contributed by atoms with Gasteiger partial charge in [0.05, 0.1) is 16.8 Å². The number of anilines is 1. The summed E-state index contributed by atoms with van der Waals surface area (Å²) in [5.74, 6) is 0. The Labute approximate surface area is 107 Å². The van der Waals surface area contributed by atoms with Crippen molar-refractivity contribution in [3.8, 4) is 0 Å². The van der Waals surface area contributed by atoms with E-state index in [-0.39, 0.29) is 0 Å². The number of benzene rings is 1. The topological polar surface area (TPSA) is 37.8 Å². The van der Waals surface area contributed by atoms with E-state index >= 15 is 0 Å². The SMILES string of the molecule is Cc1cnc(CNc2nc3ccccc3s2)s1. The van der Waals surface area contributed by atoms with E-state index < -0.39 is 0 Å². The average molecular weight is 261 g/mol. The molecule has 0 fully saturated rings. The van der Waals surface area contributed by atoms with Crippen molar-refractivity contribution in [2.45, 2.75) is 13.5 Å². The van der Waals surface area contributed by atoms with Crippen molar-refractivity contribution in [3.63, 3.8) is 0 Å². The predicted molar refractivity (Wildman–Crippen MR) is 73.8 cm³/mol. The monoisotopic (exact) mass is 261 g/mol. The van der Waals surface area contributed by atoms with Gasteiger partial charge in [0.25, 0.3) is 0 Å². The fraction of sp³-hybridized carbons (Fsp3) is 0.167. The van der Waals surface area contributed by atoms with Crippen LogP contribution in [0, 0.1) is 6.92 Å². The molecule has 0 spiro atoms. The van der Waals surface area contributed by atoms with E-state index in [1.807, 2.05) is 24.4 Å². The van der Waals surface area contributed by atoms with Gasteiger partial charge in [-0.25, -0.2) is 9.97 Å². The lowest BCUT2D eigenvalue weighted by molar-refractivity contribution is 1.10. The molecule has 3 rings (SSSR count). The van der Waals surface area contributed by atoms with Crippen LogP contribution in [0.5, 0.6) is 0 Å². The summed E-state index contributed by atoms with van der Waals surface area (Å²) in [7, 11) is 0. The lowest BCUT2D eigenvalue weighted by atomic mass is 10.3. The number of aromatic nitrogens is 2. The third-order valence-corrected chi connectivity index (χ3v) is 4.26. The first-order valence-electron chi connectivity index (χ1n) is 5.32. The molecule has 3 aromatic rings. The van der Waals surface area contributed by atoms with Crippen molar-refractivity contribution in [3.05, 3.63) is 40.3 Å². The zero-order valence-corrected chi connectivity index (χ0v) is 10.9. The van der Waals surface area contributed by atoms with E-state index in [1.165, 1.54) is 9.58 Å². The van der Waals surface area contributed by atoms with Crippen LogP contribution in [0.4, 0.5) is 5.13 Å². The molecule has 1 aromatic carbocycles. The highest BCUT2D eigenvalue weighted by Gasteiger charge is 2.03. The first-order chi connectivity index (χ1) is 8.31. The van der Waals surface area contributed by atoms with Crippen molar-refractivity contribution in [1.29, 1.82) is 0 Å². The van der Waals surface area contributed by atoms with E-state index in [0.717, 1.165) is 22.2 Å². The van der Waals surface area contributed by atoms with Gasteiger partial charge in [-0.3, -0.25) is 0 Å². The predicted octanol–water partition coefficient (Wildman–Crippen LogP) is 3.67. The maximum atomic E-state index is 4.52. The Balaban J connectivity index is 1.76. The second kappa shape index (κ2) is 4.43. The van der Waals surface area contributed by atoms with Gasteiger partial charge in [0.1, 0.15) is 5.01 Å². The van der Waals surface area contributed by atoms with Crippen LogP contribution in [0.15, 0.2) is 30.5 Å². The molecule has 0 saturated carbocycles. The van der Waals surface area contributed by atoms with Crippen LogP contribution in [0.1, 0.15) is 9.88 Å². The third-order valence-electron chi connectivity index (χ3n) is 2.35. The largest absolute Gasteiger partial charge is 0.355 e. The molecule has 3 nitrogen and oxygen atoms in total. The minimum Gasteiger partial charge on any atom is -0.355 e. The second-order valence-electron chi connectivity index (χ2n) is 3.70. The highest BCUT2D eigenvalue weighted by molar-refractivity contribution is 7.22. The number of fused-ring (bicyclic) bond motifs is 1. The molecule has 0 radical (unpaired) electrons. The van der Waals surface area contributed by atoms with E-state index in [2.05, 4.69) is 28.3 Å². The lowest BCUT2D eigenvalue weighted by Gasteiger charge is -1.97. The first-order valence-corrected chi connectivity index (χ1v) is 6.95. The molecule has 0 bridgehead atoms. The average Bonchev–Trinajstić information content (AvgIpc) is 2.91. The van der Waals surface area contributed by atoms with Crippen molar-refractivity contribution in [1.82, 2.24) is 9.97 Å². The normalized spacial score (nSPS) is 10.9. The molecule has 2 aromatic heterocycles. The molecule has 86 valence electrons. The van der Waals surface area contributed by atoms with Crippen LogP contribution < -0.4 is 5.32 Å². The van der Waals surface area contributed by atoms with Gasteiger partial charge in [-0.2, -0.15) is 0 Å². The van der Waals surface area contributed by atoms with Crippen LogP contribution in [-0.2, 0) is 6.54 Å². The molecule has 1 N–H and O–H groups in total. The Bertz CT molecular complexity index is 609. The van der Waals surface area contributed by atoms with Gasteiger partial charge < -0.3 is 5.32 Å². The minimum atomic E-state index is 0.748. The minimum absolute atomic E-state index is 0.748. The van der Waals surface area contributed by atoms with Gasteiger partial charge in [0.2, 0.25) is 0 Å². The molecule has 0 saturated heterocycles. The number of thiazole rings is 2. The van der Waals surface area contributed by atoms with Gasteiger partial charge >= 0.3 is 0 Å². The van der Waals surface area contributed by atoms with Crippen molar-refractivity contribution in [2.75, 3.05) is 5.32 Å². The zero-order valence-electron chi connectivity index (χ0n) is 9.30. The summed E-state index contributed by atoms with van der Waals surface area (Å²) < 4.78 is 1.21. The summed E-state index contributed by atoms with van der Waals surface area (Å²) in [5.41, 5.74) is 1.05. The molecule has 0 amide bonds. The smallest absolute Gasteiger partial charge is 0.184 e. The number of para-hydroxylation sites is 1. The summed E-state index contributed by atoms with van der Waals surface area (Å²) in [4.78, 5) is 10.1. The fourth-order valence-electron chi connectivity index (χ4n) is 1.58. The lowest BCUT2D eigenvalue weighted by Crippen LogP contribution is -1.97. The fourth-order valence-corrected chi connectivity index (χ4v) is 3.17. The summed E-state index contributed by atoms with van der Waals surface area (Å²) in [6, 6.07) is 8.17. The summed E-state index contributed by atoms with van der Waals surface area (Å²) in [6.45, 7) is 2.82. The van der Waals surface area contributed by atoms with Crippen LogP contribution >= 0.6 is 22.7 Å². The van der Waals surface area contributed by atoms with Crippen LogP contribution in [-0.4, -0.2) is 9.97 Å². The molecule has 2 heterocycles. The summed E-state index contributed by atoms with van der Waals surface area (Å²) >= 11 is 3.40. The molecular formula is C12H11N3S2. The molecule has 0 aliphatic heterocycles. The number of hydrogen-bond acceptors (Lipinski definition) is 5. The van der Waals surface area contributed by atoms with Crippen molar-refractivity contribution < 1.29 is 0 Å². The van der Waals surface area contributed by atoms with Crippen LogP contribution in [0.2, 0.25) is 0 Å². The van der Waals surface area contributed by atoms with E-state index in [1.54, 1.807) is 22.7 Å². The van der Waals surface area contributed by atoms with Gasteiger partial charge in [-0.1, -0.05) is 23.5 Å². The number of hydrogen-bond donors (Lipinski definition) is 1. The number of aryl methyl sites for hydroxylation is 1. The highest BCUT2D eigenvalue weighted by Crippen LogP contribution is 2.26. The van der Waals surface area contributed by atoms with E-state index in [0.29, 0.717) is 0 Å². The van der Waals surface area contributed by atoms with Crippen LogP contribution in [0.25, 0.3) is 10.2 Å². The van der Waals surface area contributed by atoms with Gasteiger partial charge in [-0.05, 0) is 19.1 Å². The Morgan fingerprint density at radius 1 is 1.24 bits per heavy atom. The molecule has 17 heavy (non-hydrogen) atoms. The Morgan fingerprint density at radius 2 is 2.12 bits per heavy atom. The Kier molecular flexibility index (Phi) is 2.78. The standard InChI is InChI=1S/C12H11N3S2/c1-8-6-13-11(16-8)7-14-12-15-9-4-2-3-5-10(9)17-12/h2-6H,7H2,1H3,(H,14,15). The zero-order chi connectivity index (χ0) is 11.7. The maximum absolute atomic E-state index is 4.52. The molecule has 0 unspecified atom stereocenters. The number of nitrogens with one attached hydrogen (secondary N) is 1. The Hall–Kier alpha value is -1.46. The van der Waals surface area contributed by atoms with E-state index in [4.69, 9.17) is 0 Å². The molecule has 0 atom stereocenters. The van der Waals surface area contributed by atoms with Gasteiger partial charge in [0.15, 0.2) is 5.13 Å². The quantitative estimate of drug-likeness (QED) is 0.781. The first kappa shape index (κ1) is 10.7.